The van der Waals surface area contributed by atoms with Gasteiger partial charge in [0.2, 0.25) is 0 Å². The van der Waals surface area contributed by atoms with Crippen LogP contribution in [0.25, 0.3) is 5.65 Å². The van der Waals surface area contributed by atoms with E-state index in [-0.39, 0.29) is 6.04 Å². The number of nitrogens with zero attached hydrogens (tertiary/aromatic N) is 3. The molecule has 20 heavy (non-hydrogen) atoms. The molecule has 0 saturated heterocycles. The van der Waals surface area contributed by atoms with Gasteiger partial charge in [-0.15, -0.1) is 10.2 Å². The van der Waals surface area contributed by atoms with Crippen molar-refractivity contribution in [3.05, 3.63) is 52.8 Å². The fraction of sp³-hybridized carbons (Fsp3) is 0.286. The van der Waals surface area contributed by atoms with Crippen LogP contribution >= 0.6 is 15.9 Å². The molecule has 0 fully saturated rings. The zero-order valence-corrected chi connectivity index (χ0v) is 12.7. The van der Waals surface area contributed by atoms with Crippen LogP contribution in [0.1, 0.15) is 24.6 Å². The highest BCUT2D eigenvalue weighted by Gasteiger charge is 2.10. The number of hydrogen-bond donors (Lipinski definition) is 1. The molecule has 1 atom stereocenters. The van der Waals surface area contributed by atoms with Gasteiger partial charge in [0.15, 0.2) is 10.3 Å². The lowest BCUT2D eigenvalue weighted by molar-refractivity contribution is 0.419. The molecule has 3 heterocycles. The Morgan fingerprint density at radius 2 is 2.20 bits per heavy atom. The van der Waals surface area contributed by atoms with Gasteiger partial charge in [0.1, 0.15) is 11.6 Å². The molecule has 1 N–H and O–H groups in total. The van der Waals surface area contributed by atoms with E-state index in [9.17, 15) is 0 Å². The Morgan fingerprint density at radius 3 is 3.00 bits per heavy atom. The number of rotatable bonds is 5. The van der Waals surface area contributed by atoms with Crippen LogP contribution in [0.15, 0.2) is 45.6 Å². The van der Waals surface area contributed by atoms with Gasteiger partial charge in [0, 0.05) is 19.2 Å². The van der Waals surface area contributed by atoms with E-state index in [1.165, 1.54) is 0 Å². The molecule has 5 nitrogen and oxygen atoms in total. The van der Waals surface area contributed by atoms with E-state index in [0.29, 0.717) is 0 Å². The average molecular weight is 335 g/mol. The monoisotopic (exact) mass is 334 g/mol. The summed E-state index contributed by atoms with van der Waals surface area (Å²) in [6, 6.07) is 9.93. The highest BCUT2D eigenvalue weighted by molar-refractivity contribution is 9.10. The summed E-state index contributed by atoms with van der Waals surface area (Å²) in [5.74, 6) is 1.88. The first-order valence-corrected chi connectivity index (χ1v) is 7.30. The Kier molecular flexibility index (Phi) is 3.84. The summed E-state index contributed by atoms with van der Waals surface area (Å²) in [6.07, 6.45) is 2.80. The Hall–Kier alpha value is -1.66. The van der Waals surface area contributed by atoms with Gasteiger partial charge < -0.3 is 9.73 Å². The second-order valence-corrected chi connectivity index (χ2v) is 5.39. The van der Waals surface area contributed by atoms with Crippen molar-refractivity contribution in [3.8, 4) is 0 Å². The van der Waals surface area contributed by atoms with Crippen LogP contribution < -0.4 is 5.32 Å². The van der Waals surface area contributed by atoms with Crippen LogP contribution in [-0.2, 0) is 6.42 Å². The summed E-state index contributed by atoms with van der Waals surface area (Å²) in [6.45, 7) is 2.89. The highest BCUT2D eigenvalue weighted by atomic mass is 79.9. The molecule has 0 bridgehead atoms. The SMILES string of the molecule is CC(NCCc1nnc2ccccn12)c1ccc(Br)o1. The molecule has 0 aliphatic heterocycles. The summed E-state index contributed by atoms with van der Waals surface area (Å²) in [7, 11) is 0. The summed E-state index contributed by atoms with van der Waals surface area (Å²) < 4.78 is 8.29. The van der Waals surface area contributed by atoms with Gasteiger partial charge in [-0.2, -0.15) is 0 Å². The lowest BCUT2D eigenvalue weighted by Crippen LogP contribution is -2.21. The molecule has 0 aliphatic rings. The van der Waals surface area contributed by atoms with Gasteiger partial charge in [0.25, 0.3) is 0 Å². The first-order valence-electron chi connectivity index (χ1n) is 6.51. The second kappa shape index (κ2) is 5.76. The third kappa shape index (κ3) is 2.76. The summed E-state index contributed by atoms with van der Waals surface area (Å²) in [5.41, 5.74) is 0.880. The minimum absolute atomic E-state index is 0.167. The third-order valence-corrected chi connectivity index (χ3v) is 3.63. The van der Waals surface area contributed by atoms with Gasteiger partial charge in [0.05, 0.1) is 6.04 Å². The van der Waals surface area contributed by atoms with Gasteiger partial charge >= 0.3 is 0 Å². The number of halogens is 1. The van der Waals surface area contributed by atoms with Crippen LogP contribution in [0.5, 0.6) is 0 Å². The standard InChI is InChI=1S/C14H15BrN4O/c1-10(11-5-6-12(15)20-11)16-8-7-14-18-17-13-4-2-3-9-19(13)14/h2-6,9-10,16H,7-8H2,1H3. The Balaban J connectivity index is 1.60. The Morgan fingerprint density at radius 1 is 1.30 bits per heavy atom. The predicted octanol–water partition coefficient (Wildman–Crippen LogP) is 2.98. The van der Waals surface area contributed by atoms with Crippen LogP contribution in [0.2, 0.25) is 0 Å². The van der Waals surface area contributed by atoms with Crippen molar-refractivity contribution in [2.24, 2.45) is 0 Å². The second-order valence-electron chi connectivity index (χ2n) is 4.61. The molecule has 1 unspecified atom stereocenters. The fourth-order valence-corrected chi connectivity index (χ4v) is 2.44. The zero-order chi connectivity index (χ0) is 13.9. The molecule has 0 aromatic carbocycles. The molecule has 0 saturated carbocycles. The fourth-order valence-electron chi connectivity index (χ4n) is 2.12. The Bertz CT molecular complexity index is 706. The number of furan rings is 1. The normalized spacial score (nSPS) is 12.9. The largest absolute Gasteiger partial charge is 0.453 e. The summed E-state index contributed by atoms with van der Waals surface area (Å²) in [4.78, 5) is 0. The van der Waals surface area contributed by atoms with Crippen molar-refractivity contribution in [1.82, 2.24) is 19.9 Å². The van der Waals surface area contributed by atoms with E-state index in [1.54, 1.807) is 0 Å². The van der Waals surface area contributed by atoms with Crippen molar-refractivity contribution in [3.63, 3.8) is 0 Å². The van der Waals surface area contributed by atoms with Gasteiger partial charge in [-0.3, -0.25) is 4.40 Å². The maximum absolute atomic E-state index is 5.52. The summed E-state index contributed by atoms with van der Waals surface area (Å²) >= 11 is 3.31. The van der Waals surface area contributed by atoms with Crippen molar-refractivity contribution in [2.45, 2.75) is 19.4 Å². The third-order valence-electron chi connectivity index (χ3n) is 3.20. The zero-order valence-electron chi connectivity index (χ0n) is 11.1. The molecule has 3 rings (SSSR count). The van der Waals surface area contributed by atoms with Gasteiger partial charge in [-0.1, -0.05) is 6.07 Å². The number of nitrogens with one attached hydrogen (secondary N) is 1. The minimum Gasteiger partial charge on any atom is -0.453 e. The van der Waals surface area contributed by atoms with E-state index < -0.39 is 0 Å². The number of hydrogen-bond acceptors (Lipinski definition) is 4. The molecule has 0 spiro atoms. The van der Waals surface area contributed by atoms with Crippen LogP contribution in [0.4, 0.5) is 0 Å². The molecule has 104 valence electrons. The number of aromatic nitrogens is 3. The van der Waals surface area contributed by atoms with Crippen molar-refractivity contribution in [1.29, 1.82) is 0 Å². The molecule has 3 aromatic heterocycles. The minimum atomic E-state index is 0.167. The quantitative estimate of drug-likeness (QED) is 0.779. The topological polar surface area (TPSA) is 55.4 Å². The highest BCUT2D eigenvalue weighted by Crippen LogP contribution is 2.19. The molecule has 0 radical (unpaired) electrons. The molecule has 6 heteroatoms. The van der Waals surface area contributed by atoms with Crippen LogP contribution in [0, 0.1) is 0 Å². The molecule has 0 amide bonds. The van der Waals surface area contributed by atoms with Gasteiger partial charge in [-0.05, 0) is 47.1 Å². The van der Waals surface area contributed by atoms with Gasteiger partial charge in [-0.25, -0.2) is 0 Å². The molecule has 3 aromatic rings. The summed E-state index contributed by atoms with van der Waals surface area (Å²) in [5, 5.41) is 11.8. The van der Waals surface area contributed by atoms with E-state index in [2.05, 4.69) is 38.4 Å². The first kappa shape index (κ1) is 13.3. The molecule has 0 aliphatic carbocycles. The van der Waals surface area contributed by atoms with Crippen LogP contribution in [0.3, 0.4) is 0 Å². The number of pyridine rings is 1. The van der Waals surface area contributed by atoms with E-state index in [0.717, 1.165) is 34.9 Å². The van der Waals surface area contributed by atoms with Crippen molar-refractivity contribution in [2.75, 3.05) is 6.54 Å². The smallest absolute Gasteiger partial charge is 0.169 e. The Labute approximate surface area is 125 Å². The van der Waals surface area contributed by atoms with E-state index in [1.807, 2.05) is 40.9 Å². The van der Waals surface area contributed by atoms with Crippen molar-refractivity contribution < 1.29 is 4.42 Å². The molecular formula is C14H15BrN4O. The average Bonchev–Trinajstić information content (AvgIpc) is 3.06. The van der Waals surface area contributed by atoms with Crippen LogP contribution in [-0.4, -0.2) is 21.1 Å². The maximum atomic E-state index is 5.52. The molecular weight excluding hydrogens is 320 g/mol. The van der Waals surface area contributed by atoms with Crippen molar-refractivity contribution >= 4 is 21.6 Å². The lowest BCUT2D eigenvalue weighted by atomic mass is 10.2. The lowest BCUT2D eigenvalue weighted by Gasteiger charge is -2.10. The number of fused-ring (bicyclic) bond motifs is 1. The van der Waals surface area contributed by atoms with E-state index in [4.69, 9.17) is 4.42 Å². The first-order chi connectivity index (χ1) is 9.74. The van der Waals surface area contributed by atoms with E-state index >= 15 is 0 Å². The predicted molar refractivity (Wildman–Crippen MR) is 79.5 cm³/mol. The maximum Gasteiger partial charge on any atom is 0.169 e.